The lowest BCUT2D eigenvalue weighted by Crippen LogP contribution is -2.35. The van der Waals surface area contributed by atoms with E-state index < -0.39 is 0 Å². The summed E-state index contributed by atoms with van der Waals surface area (Å²) in [6, 6.07) is 13.8. The highest BCUT2D eigenvalue weighted by atomic mass is 79.9. The zero-order valence-corrected chi connectivity index (χ0v) is 13.7. The summed E-state index contributed by atoms with van der Waals surface area (Å²) < 4.78 is 1.16. The summed E-state index contributed by atoms with van der Waals surface area (Å²) in [5.41, 5.74) is 7.41. The van der Waals surface area contributed by atoms with Crippen LogP contribution in [0.4, 0.5) is 0 Å². The third-order valence-corrected chi connectivity index (χ3v) is 5.41. The van der Waals surface area contributed by atoms with Crippen LogP contribution >= 0.6 is 27.3 Å². The number of nitrogens with two attached hydrogens (primary N) is 1. The smallest absolute Gasteiger partial charge is 0.0488 e. The van der Waals surface area contributed by atoms with Crippen LogP contribution in [0.3, 0.4) is 0 Å². The number of halogens is 1. The van der Waals surface area contributed by atoms with Gasteiger partial charge in [0.2, 0.25) is 0 Å². The van der Waals surface area contributed by atoms with Crippen molar-refractivity contribution in [2.75, 3.05) is 6.54 Å². The molecule has 0 aliphatic heterocycles. The minimum Gasteiger partial charge on any atom is -0.329 e. The molecule has 1 aliphatic rings. The number of benzene rings is 1. The van der Waals surface area contributed by atoms with Gasteiger partial charge in [0, 0.05) is 34.5 Å². The monoisotopic (exact) mass is 350 g/mol. The molecule has 1 fully saturated rings. The molecule has 1 atom stereocenters. The highest BCUT2D eigenvalue weighted by molar-refractivity contribution is 9.10. The zero-order valence-electron chi connectivity index (χ0n) is 11.3. The van der Waals surface area contributed by atoms with Crippen molar-refractivity contribution in [1.29, 1.82) is 0 Å². The van der Waals surface area contributed by atoms with Crippen molar-refractivity contribution in [3.05, 3.63) is 56.7 Å². The van der Waals surface area contributed by atoms with Crippen molar-refractivity contribution in [2.45, 2.75) is 31.5 Å². The lowest BCUT2D eigenvalue weighted by atomic mass is 10.0. The molecule has 106 valence electrons. The van der Waals surface area contributed by atoms with Gasteiger partial charge in [0.05, 0.1) is 0 Å². The van der Waals surface area contributed by atoms with Crippen molar-refractivity contribution in [3.8, 4) is 0 Å². The maximum Gasteiger partial charge on any atom is 0.0488 e. The molecule has 0 amide bonds. The first-order valence-corrected chi connectivity index (χ1v) is 8.69. The summed E-state index contributed by atoms with van der Waals surface area (Å²) in [7, 11) is 0. The summed E-state index contributed by atoms with van der Waals surface area (Å²) in [4.78, 5) is 3.99. The van der Waals surface area contributed by atoms with Crippen molar-refractivity contribution >= 4 is 27.3 Å². The van der Waals surface area contributed by atoms with E-state index in [4.69, 9.17) is 5.73 Å². The van der Waals surface area contributed by atoms with E-state index in [1.807, 2.05) is 11.3 Å². The fourth-order valence-corrected chi connectivity index (χ4v) is 3.93. The van der Waals surface area contributed by atoms with Crippen molar-refractivity contribution < 1.29 is 0 Å². The molecule has 1 aromatic carbocycles. The molecular formula is C16H19BrN2S. The van der Waals surface area contributed by atoms with Crippen LogP contribution in [0.5, 0.6) is 0 Å². The molecule has 2 aromatic rings. The van der Waals surface area contributed by atoms with Gasteiger partial charge in [-0.25, -0.2) is 0 Å². The highest BCUT2D eigenvalue weighted by Gasteiger charge is 2.34. The number of thiophene rings is 1. The van der Waals surface area contributed by atoms with Crippen molar-refractivity contribution in [2.24, 2.45) is 5.73 Å². The summed E-state index contributed by atoms with van der Waals surface area (Å²) in [6.07, 6.45) is 2.60. The van der Waals surface area contributed by atoms with Gasteiger partial charge in [-0.3, -0.25) is 4.90 Å². The van der Waals surface area contributed by atoms with Crippen LogP contribution in [0, 0.1) is 0 Å². The largest absolute Gasteiger partial charge is 0.329 e. The molecular weight excluding hydrogens is 332 g/mol. The first kappa shape index (κ1) is 14.3. The maximum absolute atomic E-state index is 6.11. The molecule has 0 radical (unpaired) electrons. The van der Waals surface area contributed by atoms with Crippen LogP contribution in [-0.4, -0.2) is 17.5 Å². The average molecular weight is 351 g/mol. The zero-order chi connectivity index (χ0) is 13.9. The molecule has 2 nitrogen and oxygen atoms in total. The molecule has 1 heterocycles. The summed E-state index contributed by atoms with van der Waals surface area (Å²) in [6.45, 7) is 1.66. The Hall–Kier alpha value is -0.680. The molecule has 0 saturated heterocycles. The van der Waals surface area contributed by atoms with Gasteiger partial charge < -0.3 is 5.73 Å². The number of hydrogen-bond donors (Lipinski definition) is 1. The predicted octanol–water partition coefficient (Wildman–Crippen LogP) is 4.18. The molecule has 1 aromatic heterocycles. The van der Waals surface area contributed by atoms with E-state index in [0.717, 1.165) is 11.0 Å². The second kappa shape index (κ2) is 6.39. The maximum atomic E-state index is 6.11. The van der Waals surface area contributed by atoms with E-state index in [1.165, 1.54) is 23.3 Å². The first-order chi connectivity index (χ1) is 9.79. The molecule has 1 saturated carbocycles. The van der Waals surface area contributed by atoms with Crippen LogP contribution < -0.4 is 5.73 Å². The quantitative estimate of drug-likeness (QED) is 0.846. The average Bonchev–Trinajstić information content (AvgIpc) is 3.18. The fourth-order valence-electron chi connectivity index (χ4n) is 2.67. The Labute approximate surface area is 132 Å². The highest BCUT2D eigenvalue weighted by Crippen LogP contribution is 2.37. The van der Waals surface area contributed by atoms with Gasteiger partial charge >= 0.3 is 0 Å². The van der Waals surface area contributed by atoms with Crippen molar-refractivity contribution in [1.82, 2.24) is 4.90 Å². The number of rotatable bonds is 6. The lowest BCUT2D eigenvalue weighted by Gasteiger charge is -2.31. The SMILES string of the molecule is NCC(c1ccccc1Br)N(Cc1cccs1)C1CC1. The molecule has 20 heavy (non-hydrogen) atoms. The van der Waals surface area contributed by atoms with Gasteiger partial charge in [-0.15, -0.1) is 11.3 Å². The van der Waals surface area contributed by atoms with Crippen LogP contribution in [0.25, 0.3) is 0 Å². The van der Waals surface area contributed by atoms with Gasteiger partial charge in [-0.2, -0.15) is 0 Å². The van der Waals surface area contributed by atoms with Gasteiger partial charge in [0.1, 0.15) is 0 Å². The number of nitrogens with zero attached hydrogens (tertiary/aromatic N) is 1. The van der Waals surface area contributed by atoms with E-state index in [1.54, 1.807) is 0 Å². The molecule has 1 aliphatic carbocycles. The minimum atomic E-state index is 0.292. The van der Waals surface area contributed by atoms with Crippen LogP contribution in [0.2, 0.25) is 0 Å². The first-order valence-electron chi connectivity index (χ1n) is 7.02. The van der Waals surface area contributed by atoms with Crippen LogP contribution in [0.1, 0.15) is 29.3 Å². The van der Waals surface area contributed by atoms with E-state index in [9.17, 15) is 0 Å². The Bertz CT molecular complexity index is 551. The number of hydrogen-bond acceptors (Lipinski definition) is 3. The van der Waals surface area contributed by atoms with E-state index >= 15 is 0 Å². The standard InChI is InChI=1S/C16H19BrN2S/c17-15-6-2-1-5-14(15)16(10-18)19(12-7-8-12)11-13-4-3-9-20-13/h1-6,9,12,16H,7-8,10-11,18H2. The topological polar surface area (TPSA) is 29.3 Å². The Balaban J connectivity index is 1.86. The van der Waals surface area contributed by atoms with Gasteiger partial charge in [-0.05, 0) is 35.9 Å². The Morgan fingerprint density at radius 2 is 2.05 bits per heavy atom. The summed E-state index contributed by atoms with van der Waals surface area (Å²) >= 11 is 5.50. The Kier molecular flexibility index (Phi) is 4.56. The molecule has 0 bridgehead atoms. The van der Waals surface area contributed by atoms with Crippen molar-refractivity contribution in [3.63, 3.8) is 0 Å². The molecule has 0 spiro atoms. The third kappa shape index (κ3) is 3.14. The molecule has 3 rings (SSSR count). The summed E-state index contributed by atoms with van der Waals surface area (Å²) in [5.74, 6) is 0. The predicted molar refractivity (Wildman–Crippen MR) is 88.8 cm³/mol. The van der Waals surface area contributed by atoms with E-state index in [2.05, 4.69) is 62.6 Å². The van der Waals surface area contributed by atoms with Gasteiger partial charge in [0.15, 0.2) is 0 Å². The fraction of sp³-hybridized carbons (Fsp3) is 0.375. The van der Waals surface area contributed by atoms with Gasteiger partial charge in [0.25, 0.3) is 0 Å². The second-order valence-corrected chi connectivity index (χ2v) is 7.14. The normalized spacial score (nSPS) is 16.6. The molecule has 2 N–H and O–H groups in total. The molecule has 1 unspecified atom stereocenters. The van der Waals surface area contributed by atoms with Crippen LogP contribution in [-0.2, 0) is 6.54 Å². The van der Waals surface area contributed by atoms with Gasteiger partial charge in [-0.1, -0.05) is 40.2 Å². The minimum absolute atomic E-state index is 0.292. The third-order valence-electron chi connectivity index (χ3n) is 3.82. The van der Waals surface area contributed by atoms with Crippen LogP contribution in [0.15, 0.2) is 46.3 Å². The van der Waals surface area contributed by atoms with E-state index in [0.29, 0.717) is 18.6 Å². The van der Waals surface area contributed by atoms with E-state index in [-0.39, 0.29) is 0 Å². The lowest BCUT2D eigenvalue weighted by molar-refractivity contribution is 0.183. The Morgan fingerprint density at radius 3 is 2.65 bits per heavy atom. The Morgan fingerprint density at radius 1 is 1.25 bits per heavy atom. The second-order valence-electron chi connectivity index (χ2n) is 5.26. The molecule has 4 heteroatoms. The summed E-state index contributed by atoms with van der Waals surface area (Å²) in [5, 5.41) is 2.15.